The fraction of sp³-hybridized carbons (Fsp3) is 0.619. The summed E-state index contributed by atoms with van der Waals surface area (Å²) < 4.78 is 0. The van der Waals surface area contributed by atoms with Gasteiger partial charge in [0.2, 0.25) is 0 Å². The van der Waals surface area contributed by atoms with E-state index in [2.05, 4.69) is 72.0 Å². The third kappa shape index (κ3) is 4.15. The molecule has 2 aliphatic rings. The number of piperazine rings is 1. The van der Waals surface area contributed by atoms with E-state index in [1.54, 1.807) is 0 Å². The number of allylic oxidation sites excluding steroid dienone is 1. The maximum absolute atomic E-state index is 7.36. The van der Waals surface area contributed by atoms with Crippen LogP contribution in [0.5, 0.6) is 0 Å². The molecule has 1 aromatic rings. The predicted molar refractivity (Wildman–Crippen MR) is 111 cm³/mol. The van der Waals surface area contributed by atoms with E-state index in [0.717, 1.165) is 45.7 Å². The lowest BCUT2D eigenvalue weighted by atomic mass is 9.80. The number of nitrogens with zero attached hydrogens (tertiary/aromatic N) is 1. The summed E-state index contributed by atoms with van der Waals surface area (Å²) in [5.74, 6) is 0.219. The van der Waals surface area contributed by atoms with Crippen LogP contribution in [0, 0.1) is 0 Å². The van der Waals surface area contributed by atoms with Crippen molar-refractivity contribution in [2.24, 2.45) is 0 Å². The summed E-state index contributed by atoms with van der Waals surface area (Å²) in [5.41, 5.74) is 4.07. The van der Waals surface area contributed by atoms with Gasteiger partial charge in [0, 0.05) is 45.2 Å². The summed E-state index contributed by atoms with van der Waals surface area (Å²) in [4.78, 5) is 1.94. The Morgan fingerprint density at radius 1 is 1.15 bits per heavy atom. The molecule has 0 radical (unpaired) electrons. The highest BCUT2D eigenvalue weighted by Crippen LogP contribution is 2.43. The average Bonchev–Trinajstić information content (AvgIpc) is 3.21. The molecule has 2 atom stereocenters. The van der Waals surface area contributed by atoms with Gasteiger partial charge in [-0.1, -0.05) is 54.4 Å². The fourth-order valence-corrected chi connectivity index (χ4v) is 4.78. The van der Waals surface area contributed by atoms with E-state index in [1.165, 1.54) is 16.7 Å². The van der Waals surface area contributed by atoms with Gasteiger partial charge in [0.05, 0.1) is 6.17 Å². The van der Waals surface area contributed by atoms with Crippen LogP contribution in [0.25, 0.3) is 0 Å². The van der Waals surface area contributed by atoms with Gasteiger partial charge in [0.15, 0.2) is 0 Å². The summed E-state index contributed by atoms with van der Waals surface area (Å²) in [7, 11) is 0. The second-order valence-corrected chi connectivity index (χ2v) is 8.25. The van der Waals surface area contributed by atoms with Crippen LogP contribution < -0.4 is 16.0 Å². The maximum atomic E-state index is 7.36. The molecule has 26 heavy (non-hydrogen) atoms. The second-order valence-electron chi connectivity index (χ2n) is 7.51. The summed E-state index contributed by atoms with van der Waals surface area (Å²) in [6.45, 7) is 12.6. The first-order valence-electron chi connectivity index (χ1n) is 9.92. The van der Waals surface area contributed by atoms with Gasteiger partial charge in [0.1, 0.15) is 5.00 Å². The molecule has 0 bridgehead atoms. The summed E-state index contributed by atoms with van der Waals surface area (Å²) >= 11 is 7.36. The molecule has 0 spiro atoms. The number of rotatable bonds is 6. The zero-order chi connectivity index (χ0) is 18.6. The SMILES string of the molecule is CCC(C)=C(C(c1ccccc1)C1NCCN1)C(C)(Cl)N1CCNCC1. The number of benzene rings is 1. The van der Waals surface area contributed by atoms with Crippen molar-refractivity contribution in [1.82, 2.24) is 20.9 Å². The fourth-order valence-electron chi connectivity index (χ4n) is 4.33. The van der Waals surface area contributed by atoms with Crippen molar-refractivity contribution in [3.8, 4) is 0 Å². The Hall–Kier alpha value is -0.910. The summed E-state index contributed by atoms with van der Waals surface area (Å²) in [6.07, 6.45) is 1.23. The lowest BCUT2D eigenvalue weighted by Crippen LogP contribution is -2.55. The molecule has 2 aliphatic heterocycles. The predicted octanol–water partition coefficient (Wildman–Crippen LogP) is 2.88. The van der Waals surface area contributed by atoms with E-state index in [0.29, 0.717) is 0 Å². The molecule has 4 nitrogen and oxygen atoms in total. The molecule has 0 aliphatic carbocycles. The number of nitrogens with one attached hydrogen (secondary N) is 3. The molecule has 2 unspecified atom stereocenters. The van der Waals surface area contributed by atoms with Crippen molar-refractivity contribution >= 4 is 11.6 Å². The largest absolute Gasteiger partial charge is 0.314 e. The highest BCUT2D eigenvalue weighted by molar-refractivity contribution is 6.25. The summed E-state index contributed by atoms with van der Waals surface area (Å²) in [5, 5.41) is 10.8. The molecular formula is C21H33ClN4. The van der Waals surface area contributed by atoms with E-state index in [9.17, 15) is 0 Å². The molecule has 5 heteroatoms. The minimum atomic E-state index is -0.491. The number of hydrogen-bond donors (Lipinski definition) is 3. The molecule has 1 aromatic carbocycles. The Balaban J connectivity index is 2.06. The average molecular weight is 377 g/mol. The highest BCUT2D eigenvalue weighted by Gasteiger charge is 2.42. The van der Waals surface area contributed by atoms with Gasteiger partial charge in [-0.15, -0.1) is 0 Å². The van der Waals surface area contributed by atoms with Crippen molar-refractivity contribution in [2.75, 3.05) is 39.3 Å². The van der Waals surface area contributed by atoms with Gasteiger partial charge >= 0.3 is 0 Å². The lowest BCUT2D eigenvalue weighted by Gasteiger charge is -2.45. The van der Waals surface area contributed by atoms with Gasteiger partial charge in [0.25, 0.3) is 0 Å². The zero-order valence-corrected chi connectivity index (χ0v) is 17.1. The van der Waals surface area contributed by atoms with Crippen LogP contribution in [0.1, 0.15) is 38.7 Å². The monoisotopic (exact) mass is 376 g/mol. The molecule has 2 saturated heterocycles. The minimum absolute atomic E-state index is 0.217. The lowest BCUT2D eigenvalue weighted by molar-refractivity contribution is 0.169. The molecule has 3 rings (SSSR count). The van der Waals surface area contributed by atoms with Crippen molar-refractivity contribution in [1.29, 1.82) is 0 Å². The number of halogens is 1. The second kappa shape index (κ2) is 8.85. The van der Waals surface area contributed by atoms with E-state index < -0.39 is 5.00 Å². The van der Waals surface area contributed by atoms with Gasteiger partial charge in [-0.25, -0.2) is 0 Å². The van der Waals surface area contributed by atoms with Crippen LogP contribution in [0.15, 0.2) is 41.5 Å². The number of hydrogen-bond acceptors (Lipinski definition) is 4. The van der Waals surface area contributed by atoms with Gasteiger partial charge in [-0.2, -0.15) is 0 Å². The van der Waals surface area contributed by atoms with Gasteiger partial charge in [-0.05, 0) is 31.4 Å². The Bertz CT molecular complexity index is 602. The molecule has 144 valence electrons. The van der Waals surface area contributed by atoms with Crippen molar-refractivity contribution in [3.05, 3.63) is 47.0 Å². The van der Waals surface area contributed by atoms with Crippen LogP contribution in [0.3, 0.4) is 0 Å². The van der Waals surface area contributed by atoms with E-state index in [4.69, 9.17) is 11.6 Å². The van der Waals surface area contributed by atoms with Crippen LogP contribution in [-0.2, 0) is 0 Å². The summed E-state index contributed by atoms with van der Waals surface area (Å²) in [6, 6.07) is 10.8. The van der Waals surface area contributed by atoms with E-state index in [1.807, 2.05) is 0 Å². The molecule has 3 N–H and O–H groups in total. The van der Waals surface area contributed by atoms with Gasteiger partial charge in [-0.3, -0.25) is 15.5 Å². The Morgan fingerprint density at radius 3 is 2.35 bits per heavy atom. The normalized spacial score (nSPS) is 24.2. The van der Waals surface area contributed by atoms with Crippen LogP contribution in [-0.4, -0.2) is 55.3 Å². The minimum Gasteiger partial charge on any atom is -0.314 e. The first-order chi connectivity index (χ1) is 12.6. The van der Waals surface area contributed by atoms with E-state index in [-0.39, 0.29) is 12.1 Å². The van der Waals surface area contributed by atoms with Crippen LogP contribution in [0.2, 0.25) is 0 Å². The molecule has 0 saturated carbocycles. The first-order valence-corrected chi connectivity index (χ1v) is 10.3. The van der Waals surface area contributed by atoms with E-state index >= 15 is 0 Å². The molecule has 0 amide bonds. The van der Waals surface area contributed by atoms with Crippen LogP contribution >= 0.6 is 11.6 Å². The maximum Gasteiger partial charge on any atom is 0.116 e. The molecule has 2 fully saturated rings. The highest BCUT2D eigenvalue weighted by atomic mass is 35.5. The Morgan fingerprint density at radius 2 is 1.77 bits per heavy atom. The first kappa shape index (κ1) is 19.8. The Kier molecular flexibility index (Phi) is 6.76. The smallest absolute Gasteiger partial charge is 0.116 e. The van der Waals surface area contributed by atoms with Crippen molar-refractivity contribution < 1.29 is 0 Å². The topological polar surface area (TPSA) is 39.3 Å². The molecule has 0 aromatic heterocycles. The van der Waals surface area contributed by atoms with Crippen molar-refractivity contribution in [3.63, 3.8) is 0 Å². The number of alkyl halides is 1. The van der Waals surface area contributed by atoms with Crippen LogP contribution in [0.4, 0.5) is 0 Å². The molecule has 2 heterocycles. The van der Waals surface area contributed by atoms with Gasteiger partial charge < -0.3 is 5.32 Å². The Labute approximate surface area is 163 Å². The van der Waals surface area contributed by atoms with Crippen molar-refractivity contribution in [2.45, 2.75) is 44.3 Å². The molecular weight excluding hydrogens is 344 g/mol. The third-order valence-electron chi connectivity index (χ3n) is 5.85. The third-order valence-corrected chi connectivity index (χ3v) is 6.29. The zero-order valence-electron chi connectivity index (χ0n) is 16.3. The quantitative estimate of drug-likeness (QED) is 0.405. The standard InChI is InChI=1S/C21H33ClN4/c1-4-16(2)19(21(3,22)26-14-12-23-13-15-26)18(20-24-10-11-25-20)17-8-6-5-7-9-17/h5-9,18,20,23-25H,4,10-15H2,1-3H3.